The topological polar surface area (TPSA) is 102 Å². The zero-order chi connectivity index (χ0) is 29.5. The third-order valence-corrected chi connectivity index (χ3v) is 6.82. The second kappa shape index (κ2) is 13.0. The van der Waals surface area contributed by atoms with Crippen molar-refractivity contribution in [2.24, 2.45) is 7.05 Å². The molecule has 0 atom stereocenters. The van der Waals surface area contributed by atoms with Crippen LogP contribution in [0.5, 0.6) is 0 Å². The van der Waals surface area contributed by atoms with E-state index in [1.165, 1.54) is 7.05 Å². The van der Waals surface area contributed by atoms with Gasteiger partial charge in [-0.3, -0.25) is 23.5 Å². The molecule has 8 nitrogen and oxygen atoms in total. The van der Waals surface area contributed by atoms with E-state index in [2.05, 4.69) is 22.5 Å². The minimum absolute atomic E-state index is 0.107. The number of aryl methyl sites for hydroxylation is 3. The molecule has 41 heavy (non-hydrogen) atoms. The van der Waals surface area contributed by atoms with Crippen molar-refractivity contribution in [3.05, 3.63) is 127 Å². The van der Waals surface area contributed by atoms with E-state index in [1.54, 1.807) is 36.4 Å². The van der Waals surface area contributed by atoms with Crippen LogP contribution in [-0.2, 0) is 24.8 Å². The van der Waals surface area contributed by atoms with Gasteiger partial charge in [-0.05, 0) is 62.2 Å². The van der Waals surface area contributed by atoms with Crippen LogP contribution in [0.15, 0.2) is 82.4 Å². The molecule has 0 aliphatic carbocycles. The number of benzene rings is 3. The molecule has 0 bridgehead atoms. The summed E-state index contributed by atoms with van der Waals surface area (Å²) in [5, 5.41) is 5.22. The molecule has 0 spiro atoms. The van der Waals surface area contributed by atoms with E-state index in [-0.39, 0.29) is 29.7 Å². The van der Waals surface area contributed by atoms with Crippen molar-refractivity contribution in [3.63, 3.8) is 0 Å². The average Bonchev–Trinajstić information content (AvgIpc) is 2.97. The van der Waals surface area contributed by atoms with E-state index in [4.69, 9.17) is 11.6 Å². The summed E-state index contributed by atoms with van der Waals surface area (Å²) in [6.07, 6.45) is 0.631. The number of nitrogens with zero attached hydrogens (tertiary/aromatic N) is 2. The molecule has 0 fully saturated rings. The maximum Gasteiger partial charge on any atom is 0.332 e. The first-order valence-corrected chi connectivity index (χ1v) is 13.3. The zero-order valence-corrected chi connectivity index (χ0v) is 23.7. The minimum Gasteiger partial charge on any atom is -0.322 e. The van der Waals surface area contributed by atoms with E-state index < -0.39 is 17.2 Å². The molecule has 0 unspecified atom stereocenters. The fraction of sp³-hybridized carbons (Fsp3) is 0.188. The standard InChI is InChI=1S/C32H29ClN4O4/c1-21-6-10-24(11-7-21)14-19-27(38)35-28-29(33)37(32(41)36(3)31(28)40)20-4-5-23-12-17-26(18-13-23)34-30(39)25-15-8-22(2)9-16-25/h6-13,15-18H,14,19-20H2,1-3H3,(H,34,39)(H,35,38). The molecule has 1 heterocycles. The van der Waals surface area contributed by atoms with Crippen LogP contribution >= 0.6 is 11.6 Å². The van der Waals surface area contributed by atoms with Crippen LogP contribution in [0, 0.1) is 25.7 Å². The second-order valence-electron chi connectivity index (χ2n) is 9.63. The molecule has 3 aromatic carbocycles. The van der Waals surface area contributed by atoms with Crippen molar-refractivity contribution in [1.82, 2.24) is 9.13 Å². The first-order valence-electron chi connectivity index (χ1n) is 12.9. The maximum atomic E-state index is 12.7. The van der Waals surface area contributed by atoms with Crippen LogP contribution < -0.4 is 21.9 Å². The Bertz CT molecular complexity index is 1760. The van der Waals surface area contributed by atoms with Gasteiger partial charge < -0.3 is 10.6 Å². The molecule has 0 aliphatic heterocycles. The summed E-state index contributed by atoms with van der Waals surface area (Å²) < 4.78 is 2.01. The number of anilines is 2. The molecular formula is C32H29ClN4O4. The van der Waals surface area contributed by atoms with Crippen LogP contribution in [0.4, 0.5) is 11.4 Å². The Morgan fingerprint density at radius 2 is 1.46 bits per heavy atom. The highest BCUT2D eigenvalue weighted by Gasteiger charge is 2.18. The maximum absolute atomic E-state index is 12.7. The van der Waals surface area contributed by atoms with Gasteiger partial charge in [-0.2, -0.15) is 0 Å². The second-order valence-corrected chi connectivity index (χ2v) is 9.99. The Balaban J connectivity index is 1.43. The summed E-state index contributed by atoms with van der Waals surface area (Å²) in [5.74, 6) is 5.22. The minimum atomic E-state index is -0.698. The Hall–Kier alpha value is -4.87. The highest BCUT2D eigenvalue weighted by molar-refractivity contribution is 6.32. The van der Waals surface area contributed by atoms with Crippen molar-refractivity contribution in [1.29, 1.82) is 0 Å². The molecule has 0 aliphatic rings. The van der Waals surface area contributed by atoms with E-state index in [0.29, 0.717) is 23.2 Å². The number of nitrogens with one attached hydrogen (secondary N) is 2. The van der Waals surface area contributed by atoms with Gasteiger partial charge in [-0.15, -0.1) is 0 Å². The first kappa shape index (κ1) is 29.1. The van der Waals surface area contributed by atoms with E-state index in [9.17, 15) is 19.2 Å². The molecule has 208 valence electrons. The smallest absolute Gasteiger partial charge is 0.322 e. The van der Waals surface area contributed by atoms with E-state index in [1.807, 2.05) is 50.2 Å². The Morgan fingerprint density at radius 1 is 0.854 bits per heavy atom. The number of hydrogen-bond donors (Lipinski definition) is 2. The number of rotatable bonds is 7. The van der Waals surface area contributed by atoms with Gasteiger partial charge >= 0.3 is 5.69 Å². The van der Waals surface area contributed by atoms with Crippen molar-refractivity contribution in [3.8, 4) is 11.8 Å². The van der Waals surface area contributed by atoms with Gasteiger partial charge in [0.1, 0.15) is 10.8 Å². The molecule has 0 saturated heterocycles. The van der Waals surface area contributed by atoms with Crippen LogP contribution in [0.1, 0.15) is 39.0 Å². The molecule has 2 N–H and O–H groups in total. The molecular weight excluding hydrogens is 540 g/mol. The van der Waals surface area contributed by atoms with Crippen LogP contribution in [0.25, 0.3) is 0 Å². The first-order chi connectivity index (χ1) is 19.6. The third kappa shape index (κ3) is 7.41. The monoisotopic (exact) mass is 568 g/mol. The molecule has 4 rings (SSSR count). The summed E-state index contributed by atoms with van der Waals surface area (Å²) in [5.41, 5.74) is 3.49. The van der Waals surface area contributed by atoms with Gasteiger partial charge in [-0.25, -0.2) is 4.79 Å². The predicted octanol–water partition coefficient (Wildman–Crippen LogP) is 4.69. The molecule has 9 heteroatoms. The van der Waals surface area contributed by atoms with E-state index >= 15 is 0 Å². The van der Waals surface area contributed by atoms with Crippen molar-refractivity contribution in [2.45, 2.75) is 33.2 Å². The number of carbonyl (C=O) groups is 2. The normalized spacial score (nSPS) is 10.4. The average molecular weight is 569 g/mol. The van der Waals surface area contributed by atoms with Crippen LogP contribution in [0.2, 0.25) is 5.15 Å². The van der Waals surface area contributed by atoms with E-state index in [0.717, 1.165) is 25.8 Å². The van der Waals surface area contributed by atoms with Gasteiger partial charge in [0, 0.05) is 30.3 Å². The summed E-state index contributed by atoms with van der Waals surface area (Å²) in [6, 6.07) is 22.0. The van der Waals surface area contributed by atoms with Gasteiger partial charge in [0.2, 0.25) is 5.91 Å². The number of hydrogen-bond acceptors (Lipinski definition) is 4. The molecule has 4 aromatic rings. The lowest BCUT2D eigenvalue weighted by atomic mass is 10.1. The van der Waals surface area contributed by atoms with Crippen molar-refractivity contribution < 1.29 is 9.59 Å². The van der Waals surface area contributed by atoms with Gasteiger partial charge in [-0.1, -0.05) is 71.0 Å². The molecule has 0 radical (unpaired) electrons. The quantitative estimate of drug-likeness (QED) is 0.249. The lowest BCUT2D eigenvalue weighted by Crippen LogP contribution is -2.40. The van der Waals surface area contributed by atoms with Crippen molar-refractivity contribution >= 4 is 34.8 Å². The summed E-state index contributed by atoms with van der Waals surface area (Å²) >= 11 is 6.41. The number of aromatic nitrogens is 2. The Labute approximate surface area is 242 Å². The van der Waals surface area contributed by atoms with Crippen LogP contribution in [-0.4, -0.2) is 20.9 Å². The molecule has 2 amide bonds. The van der Waals surface area contributed by atoms with Gasteiger partial charge in [0.15, 0.2) is 0 Å². The predicted molar refractivity (Wildman–Crippen MR) is 162 cm³/mol. The largest absolute Gasteiger partial charge is 0.332 e. The summed E-state index contributed by atoms with van der Waals surface area (Å²) in [6.45, 7) is 3.83. The van der Waals surface area contributed by atoms with Crippen molar-refractivity contribution in [2.75, 3.05) is 10.6 Å². The number of carbonyl (C=O) groups excluding carboxylic acids is 2. The molecule has 1 aromatic heterocycles. The summed E-state index contributed by atoms with van der Waals surface area (Å²) in [4.78, 5) is 50.5. The highest BCUT2D eigenvalue weighted by Crippen LogP contribution is 2.17. The highest BCUT2D eigenvalue weighted by atomic mass is 35.5. The SMILES string of the molecule is Cc1ccc(CCC(=O)Nc2c(Cl)n(CC#Cc3ccc(NC(=O)c4ccc(C)cc4)cc3)c(=O)n(C)c2=O)cc1. The Kier molecular flexibility index (Phi) is 9.23. The summed E-state index contributed by atoms with van der Waals surface area (Å²) in [7, 11) is 1.32. The Morgan fingerprint density at radius 3 is 2.10 bits per heavy atom. The zero-order valence-electron chi connectivity index (χ0n) is 23.0. The lowest BCUT2D eigenvalue weighted by molar-refractivity contribution is -0.116. The van der Waals surface area contributed by atoms with Gasteiger partial charge in [0.05, 0.1) is 6.54 Å². The number of amides is 2. The molecule has 0 saturated carbocycles. The fourth-order valence-electron chi connectivity index (χ4n) is 3.97. The number of halogens is 1. The lowest BCUT2D eigenvalue weighted by Gasteiger charge is -2.13. The third-order valence-electron chi connectivity index (χ3n) is 6.43. The van der Waals surface area contributed by atoms with Gasteiger partial charge in [0.25, 0.3) is 11.5 Å². The van der Waals surface area contributed by atoms with Crippen LogP contribution in [0.3, 0.4) is 0 Å². The fourth-order valence-corrected chi connectivity index (χ4v) is 4.23.